The van der Waals surface area contributed by atoms with Crippen molar-refractivity contribution in [3.63, 3.8) is 0 Å². The normalized spacial score (nSPS) is 18.6. The number of ether oxygens (including phenoxy) is 1. The van der Waals surface area contributed by atoms with Crippen LogP contribution in [0.2, 0.25) is 0 Å². The van der Waals surface area contributed by atoms with Crippen molar-refractivity contribution < 1.29 is 45.4 Å². The van der Waals surface area contributed by atoms with E-state index in [1.807, 2.05) is 25.1 Å². The maximum absolute atomic E-state index is 11.7. The zero-order valence-corrected chi connectivity index (χ0v) is 24.3. The van der Waals surface area contributed by atoms with Gasteiger partial charge in [-0.3, -0.25) is 4.79 Å². The van der Waals surface area contributed by atoms with Gasteiger partial charge in [-0.15, -0.1) is 5.60 Å². The van der Waals surface area contributed by atoms with Crippen molar-refractivity contribution in [2.24, 2.45) is 11.8 Å². The summed E-state index contributed by atoms with van der Waals surface area (Å²) < 4.78 is 5.06. The van der Waals surface area contributed by atoms with Gasteiger partial charge in [0.2, 0.25) is 0 Å². The van der Waals surface area contributed by atoms with Crippen LogP contribution in [-0.2, 0) is 4.74 Å². The number of piperidine rings is 1. The Bertz CT molecular complexity index is 791. The zero-order chi connectivity index (χ0) is 22.5. The van der Waals surface area contributed by atoms with Gasteiger partial charge in [0.25, 0.3) is 5.91 Å². The van der Waals surface area contributed by atoms with Crippen molar-refractivity contribution in [3.05, 3.63) is 54.2 Å². The van der Waals surface area contributed by atoms with E-state index in [0.29, 0.717) is 6.54 Å². The largest absolute Gasteiger partial charge is 2.00 e. The average Bonchev–Trinajstić information content (AvgIpc) is 3.25. The maximum Gasteiger partial charge on any atom is 2.00 e. The van der Waals surface area contributed by atoms with Crippen LogP contribution in [0.25, 0.3) is 0 Å². The molecule has 2 unspecified atom stereocenters. The maximum atomic E-state index is 11.7. The van der Waals surface area contributed by atoms with E-state index in [9.17, 15) is 9.59 Å². The van der Waals surface area contributed by atoms with Crippen LogP contribution in [0, 0.1) is 63.7 Å². The summed E-state index contributed by atoms with van der Waals surface area (Å²) in [6, 6.07) is 5.81. The van der Waals surface area contributed by atoms with Gasteiger partial charge >= 0.3 is 37.2 Å². The van der Waals surface area contributed by atoms with E-state index in [2.05, 4.69) is 45.3 Å². The molecule has 2 amide bonds. The first kappa shape index (κ1) is 28.1. The number of aryl methyl sites for hydroxylation is 1. The van der Waals surface area contributed by atoms with E-state index in [0.717, 1.165) is 35.4 Å². The molecule has 1 aliphatic carbocycles. The van der Waals surface area contributed by atoms with Crippen LogP contribution >= 0.6 is 11.8 Å². The molecule has 0 radical (unpaired) electrons. The molecule has 1 saturated carbocycles. The number of nitrogens with one attached hydrogen (secondary N) is 1. The molecule has 2 aliphatic rings. The van der Waals surface area contributed by atoms with Crippen molar-refractivity contribution in [1.29, 1.82) is 0 Å². The summed E-state index contributed by atoms with van der Waals surface area (Å²) in [5.41, 5.74) is 2.32. The third-order valence-corrected chi connectivity index (χ3v) is 6.06. The molecule has 31 heavy (non-hydrogen) atoms. The summed E-state index contributed by atoms with van der Waals surface area (Å²) in [6.45, 7) is 19.4. The predicted molar refractivity (Wildman–Crippen MR) is 123 cm³/mol. The molecule has 0 spiro atoms. The monoisotopic (exact) mass is 668 g/mol. The van der Waals surface area contributed by atoms with Crippen LogP contribution in [0.3, 0.4) is 0 Å². The third kappa shape index (κ3) is 9.63. The second kappa shape index (κ2) is 12.4. The Morgan fingerprint density at radius 1 is 1.29 bits per heavy atom. The standard InChI is InChI=1S/C14H19NOS.C10H15NO2.U/c1-5-15-14(16)12-7-6-11(4)13(8-12)17-9-10(2)3;1-10(2,3)13-9(12)11-5-7-4-8(7)6-11;/h6-9H,5H2,1-4H3,(H,15,16);7-8H,1-2,4-6H2,3H3;/q;-2;+2. The number of fused-ring (bicyclic) bond motifs is 1. The van der Waals surface area contributed by atoms with Crippen LogP contribution in [0.5, 0.6) is 0 Å². The molecule has 0 aromatic heterocycles. The molecule has 1 aromatic rings. The van der Waals surface area contributed by atoms with Gasteiger partial charge in [-0.25, -0.2) is 4.79 Å². The van der Waals surface area contributed by atoms with Crippen LogP contribution in [0.1, 0.15) is 50.0 Å². The number of likely N-dealkylation sites (tertiary alicyclic amines) is 1. The number of carbonyl (C=O) groups is 2. The van der Waals surface area contributed by atoms with Gasteiger partial charge in [-0.1, -0.05) is 30.3 Å². The number of allylic oxidation sites excluding steroid dienone is 1. The second-order valence-electron chi connectivity index (χ2n) is 8.63. The summed E-state index contributed by atoms with van der Waals surface area (Å²) in [5.74, 6) is 1.48. The van der Waals surface area contributed by atoms with E-state index >= 15 is 0 Å². The molecule has 0 bridgehead atoms. The molecule has 1 aliphatic heterocycles. The van der Waals surface area contributed by atoms with Gasteiger partial charge in [0.15, 0.2) is 0 Å². The molecule has 7 heteroatoms. The van der Waals surface area contributed by atoms with Crippen LogP contribution in [-0.4, -0.2) is 42.1 Å². The summed E-state index contributed by atoms with van der Waals surface area (Å²) in [5, 5.41) is 4.91. The first-order chi connectivity index (χ1) is 14.0. The molecule has 1 aromatic carbocycles. The minimum absolute atomic E-state index is 0. The van der Waals surface area contributed by atoms with E-state index in [4.69, 9.17) is 4.74 Å². The van der Waals surface area contributed by atoms with Gasteiger partial charge in [0, 0.05) is 30.1 Å². The van der Waals surface area contributed by atoms with E-state index < -0.39 is 5.60 Å². The zero-order valence-electron chi connectivity index (χ0n) is 19.3. The van der Waals surface area contributed by atoms with Crippen LogP contribution in [0.15, 0.2) is 34.1 Å². The quantitative estimate of drug-likeness (QED) is 0.344. The smallest absolute Gasteiger partial charge is 0.508 e. The Labute approximate surface area is 215 Å². The average molecular weight is 669 g/mol. The minimum Gasteiger partial charge on any atom is -0.508 e. The molecule has 1 heterocycles. The number of hydrogen-bond acceptors (Lipinski definition) is 4. The number of thioether (sulfide) groups is 1. The summed E-state index contributed by atoms with van der Waals surface area (Å²) in [7, 11) is 0. The fourth-order valence-corrected chi connectivity index (χ4v) is 3.95. The van der Waals surface area contributed by atoms with Crippen LogP contribution < -0.4 is 5.32 Å². The number of hydrogen-bond donors (Lipinski definition) is 1. The molecular weight excluding hydrogens is 634 g/mol. The molecule has 3 rings (SSSR count). The summed E-state index contributed by atoms with van der Waals surface area (Å²) >= 11 is 1.66. The first-order valence-electron chi connectivity index (χ1n) is 10.4. The topological polar surface area (TPSA) is 58.6 Å². The minimum atomic E-state index is -0.857. The first-order valence-corrected chi connectivity index (χ1v) is 11.3. The fourth-order valence-electron chi connectivity index (χ4n) is 3.13. The van der Waals surface area contributed by atoms with Crippen molar-refractivity contribution in [3.8, 4) is 0 Å². The SMILES string of the molecule is CCNC(=O)c1ccc(C)c(SC=C(C)C)c1.[CH2-]C([CH2-])(C)OC(=O)N1CC2CC2C1.[U+2]. The Morgan fingerprint density at radius 2 is 1.90 bits per heavy atom. The Kier molecular flexibility index (Phi) is 11.2. The Balaban J connectivity index is 0.000000309. The van der Waals surface area contributed by atoms with Crippen molar-refractivity contribution >= 4 is 23.8 Å². The van der Waals surface area contributed by atoms with E-state index in [1.54, 1.807) is 23.6 Å². The number of nitrogens with zero attached hydrogens (tertiary/aromatic N) is 1. The molecule has 1 saturated heterocycles. The van der Waals surface area contributed by atoms with Gasteiger partial charge < -0.3 is 28.8 Å². The van der Waals surface area contributed by atoms with Gasteiger partial charge in [-0.2, -0.15) is 0 Å². The summed E-state index contributed by atoms with van der Waals surface area (Å²) in [4.78, 5) is 26.1. The molecule has 1 N–H and O–H groups in total. The number of carbonyl (C=O) groups excluding carboxylic acids is 2. The van der Waals surface area contributed by atoms with Crippen molar-refractivity contribution in [1.82, 2.24) is 10.2 Å². The van der Waals surface area contributed by atoms with Gasteiger partial charge in [-0.05, 0) is 69.1 Å². The van der Waals surface area contributed by atoms with Gasteiger partial charge in [0.05, 0.1) is 0 Å². The third-order valence-electron chi connectivity index (χ3n) is 4.78. The predicted octanol–water partition coefficient (Wildman–Crippen LogP) is 5.26. The van der Waals surface area contributed by atoms with Crippen LogP contribution in [0.4, 0.5) is 4.79 Å². The number of amides is 2. The van der Waals surface area contributed by atoms with Crippen molar-refractivity contribution in [2.75, 3.05) is 19.6 Å². The molecular formula is C24H34N2O3SU. The summed E-state index contributed by atoms with van der Waals surface area (Å²) in [6.07, 6.45) is 1.02. The Hall–Kier alpha value is -0.898. The van der Waals surface area contributed by atoms with E-state index in [-0.39, 0.29) is 43.1 Å². The molecule has 5 nitrogen and oxygen atoms in total. The second-order valence-corrected chi connectivity index (χ2v) is 9.54. The number of benzene rings is 1. The van der Waals surface area contributed by atoms with E-state index in [1.165, 1.54) is 17.6 Å². The molecule has 2 atom stereocenters. The molecule has 2 fully saturated rings. The molecule has 168 valence electrons. The fraction of sp³-hybridized carbons (Fsp3) is 0.500. The van der Waals surface area contributed by atoms with Gasteiger partial charge in [0.1, 0.15) is 0 Å². The number of rotatable bonds is 5. The van der Waals surface area contributed by atoms with Crippen molar-refractivity contribution in [2.45, 2.75) is 51.5 Å². The Morgan fingerprint density at radius 3 is 2.42 bits per heavy atom.